The molecule has 2 aromatic rings. The van der Waals surface area contributed by atoms with Gasteiger partial charge in [0.05, 0.1) is 18.1 Å². The molecule has 0 atom stereocenters. The van der Waals surface area contributed by atoms with Gasteiger partial charge >= 0.3 is 0 Å². The lowest BCUT2D eigenvalue weighted by Gasteiger charge is -2.14. The Balaban J connectivity index is 1.81. The van der Waals surface area contributed by atoms with Crippen LogP contribution >= 0.6 is 24.0 Å². The van der Waals surface area contributed by atoms with Crippen molar-refractivity contribution in [2.75, 3.05) is 6.61 Å². The lowest BCUT2D eigenvalue weighted by atomic mass is 10.1. The largest absolute Gasteiger partial charge is 0.493 e. The van der Waals surface area contributed by atoms with Gasteiger partial charge in [-0.2, -0.15) is 0 Å². The van der Waals surface area contributed by atoms with Gasteiger partial charge in [0, 0.05) is 5.56 Å². The van der Waals surface area contributed by atoms with Gasteiger partial charge in [-0.1, -0.05) is 79.4 Å². The van der Waals surface area contributed by atoms with Crippen LogP contribution < -0.4 is 4.74 Å². The number of ether oxygens (including phenoxy) is 1. The molecule has 1 fully saturated rings. The van der Waals surface area contributed by atoms with Crippen LogP contribution in [0.2, 0.25) is 0 Å². The second-order valence-electron chi connectivity index (χ2n) is 5.64. The van der Waals surface area contributed by atoms with Gasteiger partial charge in [-0.15, -0.1) is 0 Å². The molecule has 0 aromatic heterocycles. The molecule has 1 saturated heterocycles. The predicted molar refractivity (Wildman–Crippen MR) is 107 cm³/mol. The molecular weight excluding hydrogens is 350 g/mol. The number of carbonyl (C=O) groups is 1. The minimum atomic E-state index is -0.0517. The van der Waals surface area contributed by atoms with Crippen molar-refractivity contribution in [2.24, 2.45) is 0 Å². The van der Waals surface area contributed by atoms with E-state index in [4.69, 9.17) is 17.0 Å². The molecule has 1 amide bonds. The first-order valence-corrected chi connectivity index (χ1v) is 9.42. The Hall–Kier alpha value is -2.11. The molecule has 2 aromatic carbocycles. The smallest absolute Gasteiger partial charge is 0.266 e. The summed E-state index contributed by atoms with van der Waals surface area (Å²) in [6.07, 6.45) is 2.81. The van der Waals surface area contributed by atoms with E-state index in [1.165, 1.54) is 11.8 Å². The average molecular weight is 370 g/mol. The first-order valence-electron chi connectivity index (χ1n) is 8.20. The fourth-order valence-electron chi connectivity index (χ4n) is 2.49. The van der Waals surface area contributed by atoms with Crippen molar-refractivity contribution in [2.45, 2.75) is 19.9 Å². The first-order chi connectivity index (χ1) is 12.2. The summed E-state index contributed by atoms with van der Waals surface area (Å²) < 4.78 is 6.36. The number of thiocarbonyl (C=S) groups is 1. The van der Waals surface area contributed by atoms with Crippen molar-refractivity contribution >= 4 is 40.3 Å². The van der Waals surface area contributed by atoms with Crippen LogP contribution in [0.1, 0.15) is 24.5 Å². The third kappa shape index (κ3) is 4.30. The van der Waals surface area contributed by atoms with Crippen LogP contribution in [-0.4, -0.2) is 21.7 Å². The molecule has 1 aliphatic heterocycles. The molecule has 1 heterocycles. The van der Waals surface area contributed by atoms with Gasteiger partial charge in [-0.25, -0.2) is 0 Å². The highest BCUT2D eigenvalue weighted by atomic mass is 32.2. The maximum absolute atomic E-state index is 12.8. The minimum Gasteiger partial charge on any atom is -0.493 e. The fourth-order valence-corrected chi connectivity index (χ4v) is 3.73. The van der Waals surface area contributed by atoms with Crippen LogP contribution in [0, 0.1) is 0 Å². The summed E-state index contributed by atoms with van der Waals surface area (Å²) in [5.41, 5.74) is 1.96. The minimum absolute atomic E-state index is 0.0517. The molecule has 0 aliphatic carbocycles. The van der Waals surface area contributed by atoms with Crippen molar-refractivity contribution in [3.05, 3.63) is 70.6 Å². The highest BCUT2D eigenvalue weighted by Gasteiger charge is 2.32. The Morgan fingerprint density at radius 1 is 1.12 bits per heavy atom. The summed E-state index contributed by atoms with van der Waals surface area (Å²) in [5.74, 6) is 0.738. The van der Waals surface area contributed by atoms with E-state index in [2.05, 4.69) is 6.92 Å². The molecule has 0 radical (unpaired) electrons. The lowest BCUT2D eigenvalue weighted by molar-refractivity contribution is -0.122. The quantitative estimate of drug-likeness (QED) is 0.536. The molecule has 0 bridgehead atoms. The van der Waals surface area contributed by atoms with Crippen LogP contribution in [0.15, 0.2) is 59.5 Å². The van der Waals surface area contributed by atoms with Gasteiger partial charge in [0.25, 0.3) is 5.91 Å². The van der Waals surface area contributed by atoms with Crippen molar-refractivity contribution in [1.29, 1.82) is 0 Å². The van der Waals surface area contributed by atoms with Crippen molar-refractivity contribution in [3.63, 3.8) is 0 Å². The van der Waals surface area contributed by atoms with Gasteiger partial charge in [-0.05, 0) is 24.1 Å². The summed E-state index contributed by atoms with van der Waals surface area (Å²) >= 11 is 6.75. The van der Waals surface area contributed by atoms with Crippen molar-refractivity contribution in [1.82, 2.24) is 4.90 Å². The van der Waals surface area contributed by atoms with Crippen molar-refractivity contribution in [3.8, 4) is 5.75 Å². The molecule has 0 spiro atoms. The van der Waals surface area contributed by atoms with E-state index in [0.29, 0.717) is 22.4 Å². The molecule has 5 heteroatoms. The molecule has 0 saturated carbocycles. The van der Waals surface area contributed by atoms with Crippen LogP contribution in [0.25, 0.3) is 6.08 Å². The summed E-state index contributed by atoms with van der Waals surface area (Å²) in [5, 5.41) is 0. The van der Waals surface area contributed by atoms with Gasteiger partial charge < -0.3 is 4.74 Å². The number of amides is 1. The molecular formula is C20H19NO2S2. The van der Waals surface area contributed by atoms with E-state index in [9.17, 15) is 4.79 Å². The van der Waals surface area contributed by atoms with Gasteiger partial charge in [-0.3, -0.25) is 9.69 Å². The monoisotopic (exact) mass is 369 g/mol. The molecule has 0 N–H and O–H groups in total. The molecule has 3 nitrogen and oxygen atoms in total. The van der Waals surface area contributed by atoms with Crippen molar-refractivity contribution < 1.29 is 9.53 Å². The maximum atomic E-state index is 12.8. The van der Waals surface area contributed by atoms with Crippen LogP contribution in [0.4, 0.5) is 0 Å². The van der Waals surface area contributed by atoms with E-state index in [-0.39, 0.29) is 5.91 Å². The molecule has 25 heavy (non-hydrogen) atoms. The third-order valence-corrected chi connectivity index (χ3v) is 5.10. The summed E-state index contributed by atoms with van der Waals surface area (Å²) in [7, 11) is 0. The maximum Gasteiger partial charge on any atom is 0.266 e. The van der Waals surface area contributed by atoms with Gasteiger partial charge in [0.1, 0.15) is 10.1 Å². The normalized spacial score (nSPS) is 15.9. The van der Waals surface area contributed by atoms with Crippen LogP contribution in [-0.2, 0) is 11.3 Å². The van der Waals surface area contributed by atoms with E-state index in [1.54, 1.807) is 4.90 Å². The number of carbonyl (C=O) groups excluding carboxylic acids is 1. The lowest BCUT2D eigenvalue weighted by Crippen LogP contribution is -2.27. The highest BCUT2D eigenvalue weighted by Crippen LogP contribution is 2.35. The van der Waals surface area contributed by atoms with E-state index in [0.717, 1.165) is 23.3 Å². The second kappa shape index (κ2) is 8.32. The third-order valence-electron chi connectivity index (χ3n) is 3.72. The predicted octanol–water partition coefficient (Wildman–Crippen LogP) is 4.88. The van der Waals surface area contributed by atoms with Gasteiger partial charge in [0.15, 0.2) is 0 Å². The zero-order valence-electron chi connectivity index (χ0n) is 14.0. The standard InChI is InChI=1S/C20H19NO2S2/c1-2-12-23-17-11-7-6-10-16(17)13-18-19(22)21(20(24)25-18)14-15-8-4-3-5-9-15/h3-11,13H,2,12,14H2,1H3/b18-13-. The van der Waals surface area contributed by atoms with E-state index >= 15 is 0 Å². The second-order valence-corrected chi connectivity index (χ2v) is 7.32. The molecule has 0 unspecified atom stereocenters. The zero-order valence-corrected chi connectivity index (χ0v) is 15.6. The topological polar surface area (TPSA) is 29.5 Å². The molecule has 1 aliphatic rings. The number of nitrogens with zero attached hydrogens (tertiary/aromatic N) is 1. The Labute approximate surface area is 157 Å². The number of para-hydroxylation sites is 1. The van der Waals surface area contributed by atoms with E-state index in [1.807, 2.05) is 60.7 Å². The number of rotatable bonds is 6. The average Bonchev–Trinajstić information content (AvgIpc) is 2.89. The number of thioether (sulfide) groups is 1. The summed E-state index contributed by atoms with van der Waals surface area (Å²) in [6.45, 7) is 3.22. The first kappa shape index (κ1) is 17.7. The Morgan fingerprint density at radius 2 is 1.84 bits per heavy atom. The Kier molecular flexibility index (Phi) is 5.89. The van der Waals surface area contributed by atoms with E-state index < -0.39 is 0 Å². The van der Waals surface area contributed by atoms with Crippen LogP contribution in [0.3, 0.4) is 0 Å². The summed E-state index contributed by atoms with van der Waals surface area (Å²) in [4.78, 5) is 15.0. The molecule has 3 rings (SSSR count). The number of benzene rings is 2. The van der Waals surface area contributed by atoms with Gasteiger partial charge in [0.2, 0.25) is 0 Å². The Morgan fingerprint density at radius 3 is 2.60 bits per heavy atom. The highest BCUT2D eigenvalue weighted by molar-refractivity contribution is 8.26. The summed E-state index contributed by atoms with van der Waals surface area (Å²) in [6, 6.07) is 17.6. The number of hydrogen-bond donors (Lipinski definition) is 0. The zero-order chi connectivity index (χ0) is 17.6. The Bertz CT molecular complexity index is 802. The SMILES string of the molecule is CCCOc1ccccc1/C=C1\SC(=S)N(Cc2ccccc2)C1=O. The number of hydrogen-bond acceptors (Lipinski definition) is 4. The molecule has 128 valence electrons. The van der Waals surface area contributed by atoms with Crippen LogP contribution in [0.5, 0.6) is 5.75 Å². The fraction of sp³-hybridized carbons (Fsp3) is 0.200.